The molecule has 0 unspecified atom stereocenters. The molecule has 1 N–H and O–H groups in total. The molecule has 0 spiro atoms. The summed E-state index contributed by atoms with van der Waals surface area (Å²) in [7, 11) is 0. The van der Waals surface area contributed by atoms with Crippen molar-refractivity contribution in [2.24, 2.45) is 0 Å². The largest absolute Gasteiger partial charge is 0.464 e. The Balaban J connectivity index is 1.72. The average molecular weight is 353 g/mol. The maximum absolute atomic E-state index is 12.6. The lowest BCUT2D eigenvalue weighted by Crippen LogP contribution is -2.64. The molecule has 5 nitrogen and oxygen atoms in total. The van der Waals surface area contributed by atoms with Gasteiger partial charge in [-0.1, -0.05) is 60.7 Å². The molecule has 0 saturated heterocycles. The van der Waals surface area contributed by atoms with Crippen LogP contribution >= 0.6 is 0 Å². The van der Waals surface area contributed by atoms with Gasteiger partial charge in [0, 0.05) is 5.92 Å². The van der Waals surface area contributed by atoms with E-state index >= 15 is 0 Å². The number of benzene rings is 2. The zero-order valence-corrected chi connectivity index (χ0v) is 14.8. The third kappa shape index (κ3) is 3.72. The molecule has 0 aromatic heterocycles. The fourth-order valence-electron chi connectivity index (χ4n) is 3.36. The summed E-state index contributed by atoms with van der Waals surface area (Å²) in [6.07, 6.45) is 0.732. The van der Waals surface area contributed by atoms with Crippen LogP contribution in [0.3, 0.4) is 0 Å². The Kier molecular flexibility index (Phi) is 5.56. The van der Waals surface area contributed by atoms with E-state index in [1.54, 1.807) is 6.92 Å². The normalized spacial score (nSPS) is 21.3. The van der Waals surface area contributed by atoms with E-state index in [9.17, 15) is 9.59 Å². The van der Waals surface area contributed by atoms with Crippen LogP contribution in [-0.4, -0.2) is 24.2 Å². The van der Waals surface area contributed by atoms with Gasteiger partial charge in [0.25, 0.3) is 0 Å². The van der Waals surface area contributed by atoms with Crippen molar-refractivity contribution in [1.29, 1.82) is 0 Å². The van der Waals surface area contributed by atoms with Gasteiger partial charge in [-0.25, -0.2) is 9.59 Å². The van der Waals surface area contributed by atoms with Crippen molar-refractivity contribution in [2.45, 2.75) is 37.8 Å². The standard InChI is InChI=1S/C21H23NO4/c1-2-25-19(23)21(14-13-18(21)17-11-7-4-8-12-17)22-20(24)26-15-16-9-5-3-6-10-16/h3-12,18H,2,13-15H2,1H3,(H,22,24)/t18-,21-/m0/s1. The average Bonchev–Trinajstić information content (AvgIpc) is 2.65. The first-order valence-corrected chi connectivity index (χ1v) is 8.87. The molecule has 1 amide bonds. The van der Waals surface area contributed by atoms with Gasteiger partial charge in [0.05, 0.1) is 6.61 Å². The predicted molar refractivity (Wildman–Crippen MR) is 97.5 cm³/mol. The SMILES string of the molecule is CCOC(=O)[C@]1(NC(=O)OCc2ccccc2)CC[C@H]1c1ccccc1. The first kappa shape index (κ1) is 18.0. The van der Waals surface area contributed by atoms with E-state index in [1.807, 2.05) is 60.7 Å². The first-order valence-electron chi connectivity index (χ1n) is 8.87. The molecule has 0 heterocycles. The van der Waals surface area contributed by atoms with Crippen LogP contribution in [0.15, 0.2) is 60.7 Å². The third-order valence-corrected chi connectivity index (χ3v) is 4.80. The van der Waals surface area contributed by atoms with Crippen LogP contribution in [0, 0.1) is 0 Å². The highest BCUT2D eigenvalue weighted by Gasteiger charge is 2.56. The summed E-state index contributed by atoms with van der Waals surface area (Å²) in [4.78, 5) is 25.0. The van der Waals surface area contributed by atoms with Crippen molar-refractivity contribution in [3.05, 3.63) is 71.8 Å². The fourth-order valence-corrected chi connectivity index (χ4v) is 3.36. The molecule has 2 atom stereocenters. The zero-order valence-electron chi connectivity index (χ0n) is 14.8. The van der Waals surface area contributed by atoms with Crippen molar-refractivity contribution in [3.8, 4) is 0 Å². The van der Waals surface area contributed by atoms with E-state index in [-0.39, 0.29) is 19.1 Å². The molecule has 1 aliphatic rings. The van der Waals surface area contributed by atoms with Gasteiger partial charge in [0.2, 0.25) is 0 Å². The third-order valence-electron chi connectivity index (χ3n) is 4.80. The number of esters is 1. The zero-order chi connectivity index (χ0) is 18.4. The maximum atomic E-state index is 12.6. The minimum Gasteiger partial charge on any atom is -0.464 e. The lowest BCUT2D eigenvalue weighted by molar-refractivity contribution is -0.156. The van der Waals surface area contributed by atoms with Gasteiger partial charge in [-0.2, -0.15) is 0 Å². The Morgan fingerprint density at radius 1 is 1.04 bits per heavy atom. The molecule has 2 aromatic carbocycles. The summed E-state index contributed by atoms with van der Waals surface area (Å²) in [6.45, 7) is 2.18. The molecule has 136 valence electrons. The highest BCUT2D eigenvalue weighted by Crippen LogP contribution is 2.47. The minimum atomic E-state index is -1.06. The van der Waals surface area contributed by atoms with Crippen molar-refractivity contribution in [1.82, 2.24) is 5.32 Å². The van der Waals surface area contributed by atoms with E-state index in [1.165, 1.54) is 0 Å². The van der Waals surface area contributed by atoms with Crippen LogP contribution < -0.4 is 5.32 Å². The lowest BCUT2D eigenvalue weighted by Gasteiger charge is -2.47. The van der Waals surface area contributed by atoms with Crippen LogP contribution in [0.25, 0.3) is 0 Å². The van der Waals surface area contributed by atoms with E-state index in [4.69, 9.17) is 9.47 Å². The molecule has 1 fully saturated rings. The Bertz CT molecular complexity index is 747. The summed E-state index contributed by atoms with van der Waals surface area (Å²) in [6, 6.07) is 19.1. The Labute approximate surface area is 153 Å². The maximum Gasteiger partial charge on any atom is 0.408 e. The number of hydrogen-bond acceptors (Lipinski definition) is 4. The second-order valence-electron chi connectivity index (χ2n) is 6.38. The van der Waals surface area contributed by atoms with Crippen LogP contribution in [0.5, 0.6) is 0 Å². The van der Waals surface area contributed by atoms with Crippen molar-refractivity contribution < 1.29 is 19.1 Å². The van der Waals surface area contributed by atoms with Gasteiger partial charge in [-0.3, -0.25) is 0 Å². The second-order valence-corrected chi connectivity index (χ2v) is 6.38. The number of hydrogen-bond donors (Lipinski definition) is 1. The van der Waals surface area contributed by atoms with Crippen LogP contribution in [-0.2, 0) is 20.9 Å². The van der Waals surface area contributed by atoms with E-state index in [2.05, 4.69) is 5.32 Å². The molecule has 1 aliphatic carbocycles. The Morgan fingerprint density at radius 3 is 2.27 bits per heavy atom. The molecule has 26 heavy (non-hydrogen) atoms. The quantitative estimate of drug-likeness (QED) is 0.803. The van der Waals surface area contributed by atoms with Gasteiger partial charge >= 0.3 is 12.1 Å². The number of carbonyl (C=O) groups excluding carboxylic acids is 2. The predicted octanol–water partition coefficient (Wildman–Crippen LogP) is 3.79. The second kappa shape index (κ2) is 8.04. The highest BCUT2D eigenvalue weighted by molar-refractivity contribution is 5.88. The summed E-state index contributed by atoms with van der Waals surface area (Å²) in [5.74, 6) is -0.524. The van der Waals surface area contributed by atoms with Gasteiger partial charge in [0.15, 0.2) is 0 Å². The summed E-state index contributed by atoms with van der Waals surface area (Å²) >= 11 is 0. The van der Waals surface area contributed by atoms with Gasteiger partial charge in [-0.15, -0.1) is 0 Å². The Morgan fingerprint density at radius 2 is 1.69 bits per heavy atom. The molecule has 5 heteroatoms. The number of amides is 1. The topological polar surface area (TPSA) is 64.6 Å². The minimum absolute atomic E-state index is 0.118. The van der Waals surface area contributed by atoms with Gasteiger partial charge < -0.3 is 14.8 Å². The van der Waals surface area contributed by atoms with E-state index in [0.717, 1.165) is 17.5 Å². The van der Waals surface area contributed by atoms with Crippen LogP contribution in [0.1, 0.15) is 36.8 Å². The monoisotopic (exact) mass is 353 g/mol. The molecule has 0 aliphatic heterocycles. The van der Waals surface area contributed by atoms with E-state index in [0.29, 0.717) is 6.42 Å². The van der Waals surface area contributed by atoms with Crippen molar-refractivity contribution >= 4 is 12.1 Å². The highest BCUT2D eigenvalue weighted by atomic mass is 16.6. The van der Waals surface area contributed by atoms with Crippen LogP contribution in [0.4, 0.5) is 4.79 Å². The van der Waals surface area contributed by atoms with Gasteiger partial charge in [-0.05, 0) is 30.9 Å². The smallest absolute Gasteiger partial charge is 0.408 e. The number of ether oxygens (including phenoxy) is 2. The number of carbonyl (C=O) groups is 2. The first-order chi connectivity index (χ1) is 12.7. The Hall–Kier alpha value is -2.82. The molecule has 1 saturated carbocycles. The molecule has 2 aromatic rings. The van der Waals surface area contributed by atoms with E-state index < -0.39 is 17.6 Å². The van der Waals surface area contributed by atoms with Crippen molar-refractivity contribution in [2.75, 3.05) is 6.61 Å². The molecule has 0 bridgehead atoms. The molecular formula is C21H23NO4. The van der Waals surface area contributed by atoms with Crippen LogP contribution in [0.2, 0.25) is 0 Å². The number of nitrogens with one attached hydrogen (secondary N) is 1. The van der Waals surface area contributed by atoms with Gasteiger partial charge in [0.1, 0.15) is 12.1 Å². The number of alkyl carbamates (subject to hydrolysis) is 1. The fraction of sp³-hybridized carbons (Fsp3) is 0.333. The number of rotatable bonds is 6. The molecule has 3 rings (SSSR count). The van der Waals surface area contributed by atoms with Crippen molar-refractivity contribution in [3.63, 3.8) is 0 Å². The summed E-state index contributed by atoms with van der Waals surface area (Å²) < 4.78 is 10.6. The lowest BCUT2D eigenvalue weighted by atomic mass is 9.63. The molecular weight excluding hydrogens is 330 g/mol. The summed E-state index contributed by atoms with van der Waals surface area (Å²) in [5.41, 5.74) is 0.835. The summed E-state index contributed by atoms with van der Waals surface area (Å²) in [5, 5.41) is 2.80. The molecule has 0 radical (unpaired) electrons.